The third kappa shape index (κ3) is 5.52. The molecule has 1 N–H and O–H groups in total. The highest BCUT2D eigenvalue weighted by Gasteiger charge is 2.00. The molecule has 1 aromatic carbocycles. The van der Waals surface area contributed by atoms with Crippen LogP contribution in [0.4, 0.5) is 0 Å². The number of hydrogen-bond donors (Lipinski definition) is 1. The van der Waals surface area contributed by atoms with Gasteiger partial charge in [0, 0.05) is 12.0 Å². The molecule has 21 heavy (non-hydrogen) atoms. The Hall–Kier alpha value is -1.32. The molecule has 0 aliphatic heterocycles. The molecule has 0 fully saturated rings. The zero-order valence-corrected chi connectivity index (χ0v) is 13.0. The van der Waals surface area contributed by atoms with E-state index < -0.39 is 0 Å². The summed E-state index contributed by atoms with van der Waals surface area (Å²) in [6.45, 7) is 1.05. The molecule has 0 unspecified atom stereocenters. The zero-order chi connectivity index (χ0) is 14.9. The van der Waals surface area contributed by atoms with Crippen LogP contribution < -0.4 is 4.74 Å². The molecule has 0 spiro atoms. The number of aromatic nitrogens is 1. The van der Waals surface area contributed by atoms with E-state index in [-0.39, 0.29) is 0 Å². The van der Waals surface area contributed by atoms with Crippen LogP contribution in [0, 0.1) is 0 Å². The Morgan fingerprint density at radius 3 is 2.52 bits per heavy atom. The minimum Gasteiger partial charge on any atom is -0.494 e. The maximum atomic E-state index is 8.69. The molecule has 114 valence electrons. The highest BCUT2D eigenvalue weighted by atomic mass is 35.5. The molecule has 4 heteroatoms. The maximum absolute atomic E-state index is 8.69. The summed E-state index contributed by atoms with van der Waals surface area (Å²) in [7, 11) is 0. The fraction of sp³-hybridized carbons (Fsp3) is 0.471. The Morgan fingerprint density at radius 1 is 0.952 bits per heavy atom. The lowest BCUT2D eigenvalue weighted by Gasteiger charge is -2.07. The van der Waals surface area contributed by atoms with E-state index >= 15 is 0 Å². The number of hydrogen-bond acceptors (Lipinski definition) is 3. The van der Waals surface area contributed by atoms with E-state index in [4.69, 9.17) is 21.4 Å². The molecule has 0 amide bonds. The van der Waals surface area contributed by atoms with Crippen LogP contribution in [0.25, 0.3) is 10.9 Å². The van der Waals surface area contributed by atoms with Gasteiger partial charge in [0.05, 0.1) is 12.1 Å². The number of pyridine rings is 1. The third-order valence-corrected chi connectivity index (χ3v) is 3.66. The molecule has 3 nitrogen and oxygen atoms in total. The Balaban J connectivity index is 1.70. The van der Waals surface area contributed by atoms with Gasteiger partial charge >= 0.3 is 0 Å². The van der Waals surface area contributed by atoms with Crippen LogP contribution in [0.15, 0.2) is 30.3 Å². The number of unbranched alkanes of at least 4 members (excludes halogenated alkanes) is 5. The highest BCUT2D eigenvalue weighted by molar-refractivity contribution is 6.29. The van der Waals surface area contributed by atoms with Gasteiger partial charge in [0.1, 0.15) is 10.9 Å². The first-order valence-electron chi connectivity index (χ1n) is 7.59. The minimum absolute atomic E-state index is 0.311. The van der Waals surface area contributed by atoms with Crippen LogP contribution >= 0.6 is 11.6 Å². The van der Waals surface area contributed by atoms with Crippen molar-refractivity contribution >= 4 is 22.5 Å². The van der Waals surface area contributed by atoms with Gasteiger partial charge in [-0.05, 0) is 43.2 Å². The molecule has 1 aromatic heterocycles. The van der Waals surface area contributed by atoms with Gasteiger partial charge in [0.15, 0.2) is 0 Å². The van der Waals surface area contributed by atoms with E-state index in [1.54, 1.807) is 6.07 Å². The summed E-state index contributed by atoms with van der Waals surface area (Å²) < 4.78 is 5.77. The van der Waals surface area contributed by atoms with E-state index in [0.717, 1.165) is 42.5 Å². The van der Waals surface area contributed by atoms with E-state index in [1.165, 1.54) is 19.3 Å². The molecule has 0 saturated carbocycles. The first-order chi connectivity index (χ1) is 10.3. The normalized spacial score (nSPS) is 11.0. The van der Waals surface area contributed by atoms with Gasteiger partial charge in [0.2, 0.25) is 0 Å². The van der Waals surface area contributed by atoms with E-state index in [1.807, 2.05) is 24.3 Å². The van der Waals surface area contributed by atoms with Crippen LogP contribution in [-0.2, 0) is 0 Å². The lowest BCUT2D eigenvalue weighted by molar-refractivity contribution is 0.280. The van der Waals surface area contributed by atoms with Crippen molar-refractivity contribution in [2.45, 2.75) is 38.5 Å². The summed E-state index contributed by atoms with van der Waals surface area (Å²) in [5, 5.41) is 10.2. The molecule has 0 radical (unpaired) electrons. The lowest BCUT2D eigenvalue weighted by Crippen LogP contribution is -1.97. The van der Waals surface area contributed by atoms with Crippen LogP contribution in [0.2, 0.25) is 5.15 Å². The molecule has 0 bridgehead atoms. The van der Waals surface area contributed by atoms with Gasteiger partial charge in [-0.25, -0.2) is 4.98 Å². The van der Waals surface area contributed by atoms with Crippen molar-refractivity contribution < 1.29 is 9.84 Å². The second-order valence-corrected chi connectivity index (χ2v) is 5.57. The highest BCUT2D eigenvalue weighted by Crippen LogP contribution is 2.21. The molecule has 0 aliphatic carbocycles. The second kappa shape index (κ2) is 8.85. The Kier molecular flexibility index (Phi) is 6.77. The molecular formula is C17H22ClNO2. The van der Waals surface area contributed by atoms with Crippen molar-refractivity contribution in [2.24, 2.45) is 0 Å². The number of aliphatic hydroxyl groups excluding tert-OH is 1. The van der Waals surface area contributed by atoms with Crippen molar-refractivity contribution in [3.8, 4) is 5.75 Å². The Bertz CT molecular complexity index is 559. The monoisotopic (exact) mass is 307 g/mol. The number of benzene rings is 1. The first kappa shape index (κ1) is 16.1. The predicted molar refractivity (Wildman–Crippen MR) is 87.0 cm³/mol. The van der Waals surface area contributed by atoms with E-state index in [9.17, 15) is 0 Å². The number of halogens is 1. The number of aliphatic hydroxyl groups is 1. The summed E-state index contributed by atoms with van der Waals surface area (Å²) in [5.41, 5.74) is 0.888. The summed E-state index contributed by atoms with van der Waals surface area (Å²) in [6.07, 6.45) is 6.70. The van der Waals surface area contributed by atoms with Gasteiger partial charge in [-0.1, -0.05) is 37.3 Å². The van der Waals surface area contributed by atoms with Gasteiger partial charge in [-0.3, -0.25) is 0 Å². The Morgan fingerprint density at radius 2 is 1.71 bits per heavy atom. The van der Waals surface area contributed by atoms with Gasteiger partial charge < -0.3 is 9.84 Å². The summed E-state index contributed by atoms with van der Waals surface area (Å²) in [6, 6.07) is 9.62. The minimum atomic E-state index is 0.311. The van der Waals surface area contributed by atoms with Gasteiger partial charge in [-0.15, -0.1) is 0 Å². The number of rotatable bonds is 9. The summed E-state index contributed by atoms with van der Waals surface area (Å²) in [4.78, 5) is 4.25. The number of fused-ring (bicyclic) bond motifs is 1. The van der Waals surface area contributed by atoms with Gasteiger partial charge in [-0.2, -0.15) is 0 Å². The quantitative estimate of drug-likeness (QED) is 0.544. The Labute approximate surface area is 130 Å². The average molecular weight is 308 g/mol. The van der Waals surface area contributed by atoms with Crippen molar-refractivity contribution in [3.05, 3.63) is 35.5 Å². The molecule has 2 aromatic rings. The van der Waals surface area contributed by atoms with E-state index in [0.29, 0.717) is 11.8 Å². The summed E-state index contributed by atoms with van der Waals surface area (Å²) >= 11 is 5.87. The van der Waals surface area contributed by atoms with Crippen molar-refractivity contribution in [1.29, 1.82) is 0 Å². The first-order valence-corrected chi connectivity index (χ1v) is 7.97. The lowest BCUT2D eigenvalue weighted by atomic mass is 10.1. The van der Waals surface area contributed by atoms with Crippen LogP contribution in [-0.4, -0.2) is 23.3 Å². The molecule has 1 heterocycles. The summed E-state index contributed by atoms with van der Waals surface area (Å²) in [5.74, 6) is 0.881. The topological polar surface area (TPSA) is 42.4 Å². The maximum Gasteiger partial charge on any atom is 0.129 e. The van der Waals surface area contributed by atoms with E-state index in [2.05, 4.69) is 4.98 Å². The SMILES string of the molecule is OCCCCCCCCOc1ccc2nc(Cl)ccc2c1. The molecule has 0 atom stereocenters. The van der Waals surface area contributed by atoms with Crippen molar-refractivity contribution in [2.75, 3.05) is 13.2 Å². The number of nitrogens with zero attached hydrogens (tertiary/aromatic N) is 1. The molecule has 0 aliphatic rings. The van der Waals surface area contributed by atoms with Crippen molar-refractivity contribution in [3.63, 3.8) is 0 Å². The molecule has 0 saturated heterocycles. The van der Waals surface area contributed by atoms with Gasteiger partial charge in [0.25, 0.3) is 0 Å². The fourth-order valence-electron chi connectivity index (χ4n) is 2.28. The second-order valence-electron chi connectivity index (χ2n) is 5.18. The average Bonchev–Trinajstić information content (AvgIpc) is 2.50. The molecular weight excluding hydrogens is 286 g/mol. The smallest absolute Gasteiger partial charge is 0.129 e. The van der Waals surface area contributed by atoms with Crippen LogP contribution in [0.1, 0.15) is 38.5 Å². The number of ether oxygens (including phenoxy) is 1. The fourth-order valence-corrected chi connectivity index (χ4v) is 2.43. The van der Waals surface area contributed by atoms with Crippen LogP contribution in [0.5, 0.6) is 5.75 Å². The third-order valence-electron chi connectivity index (χ3n) is 3.45. The largest absolute Gasteiger partial charge is 0.494 e. The zero-order valence-electron chi connectivity index (χ0n) is 12.2. The van der Waals surface area contributed by atoms with Crippen molar-refractivity contribution in [1.82, 2.24) is 4.98 Å². The molecule has 2 rings (SSSR count). The van der Waals surface area contributed by atoms with Crippen LogP contribution in [0.3, 0.4) is 0 Å². The standard InChI is InChI=1S/C17H22ClNO2/c18-17-10-7-14-13-15(8-9-16(14)19-17)21-12-6-4-2-1-3-5-11-20/h7-10,13,20H,1-6,11-12H2. The predicted octanol–water partition coefficient (Wildman–Crippen LogP) is 4.60.